The van der Waals surface area contributed by atoms with E-state index in [0.29, 0.717) is 19.6 Å². The van der Waals surface area contributed by atoms with Gasteiger partial charge in [0.25, 0.3) is 0 Å². The van der Waals surface area contributed by atoms with Gasteiger partial charge in [0.05, 0.1) is 6.61 Å². The van der Waals surface area contributed by atoms with Gasteiger partial charge in [0.2, 0.25) is 5.91 Å². The van der Waals surface area contributed by atoms with Crippen molar-refractivity contribution in [2.24, 2.45) is 5.92 Å². The Hall–Kier alpha value is -2.04. The SMILES string of the molecule is Cc1cccc(NC(=O)[C@@H]2CCCN2C(=O)OCC(C)C)c1C. The lowest BCUT2D eigenvalue weighted by Gasteiger charge is -2.24. The van der Waals surface area contributed by atoms with E-state index in [0.717, 1.165) is 23.2 Å². The number of nitrogens with zero attached hydrogens (tertiary/aromatic N) is 1. The van der Waals surface area contributed by atoms with Crippen LogP contribution >= 0.6 is 0 Å². The average Bonchev–Trinajstić information content (AvgIpc) is 2.99. The highest BCUT2D eigenvalue weighted by Crippen LogP contribution is 2.23. The lowest BCUT2D eigenvalue weighted by Crippen LogP contribution is -2.43. The zero-order chi connectivity index (χ0) is 17.0. The second-order valence-corrected chi connectivity index (χ2v) is 6.56. The molecule has 1 N–H and O–H groups in total. The maximum absolute atomic E-state index is 12.6. The first-order valence-corrected chi connectivity index (χ1v) is 8.20. The summed E-state index contributed by atoms with van der Waals surface area (Å²) >= 11 is 0. The number of rotatable bonds is 4. The van der Waals surface area contributed by atoms with Gasteiger partial charge in [0, 0.05) is 12.2 Å². The summed E-state index contributed by atoms with van der Waals surface area (Å²) < 4.78 is 5.27. The minimum absolute atomic E-state index is 0.141. The predicted molar refractivity (Wildman–Crippen MR) is 90.5 cm³/mol. The molecular formula is C18H26N2O3. The Labute approximate surface area is 138 Å². The van der Waals surface area contributed by atoms with E-state index in [9.17, 15) is 9.59 Å². The summed E-state index contributed by atoms with van der Waals surface area (Å²) in [5.74, 6) is 0.140. The Morgan fingerprint density at radius 3 is 2.78 bits per heavy atom. The molecule has 2 amide bonds. The molecule has 0 radical (unpaired) electrons. The van der Waals surface area contributed by atoms with Crippen LogP contribution < -0.4 is 5.32 Å². The number of ether oxygens (including phenoxy) is 1. The lowest BCUT2D eigenvalue weighted by molar-refractivity contribution is -0.120. The number of carbonyl (C=O) groups excluding carboxylic acids is 2. The van der Waals surface area contributed by atoms with Crippen molar-refractivity contribution in [2.45, 2.75) is 46.6 Å². The highest BCUT2D eigenvalue weighted by molar-refractivity contribution is 5.97. The normalized spacial score (nSPS) is 17.4. The topological polar surface area (TPSA) is 58.6 Å². The summed E-state index contributed by atoms with van der Waals surface area (Å²) in [6.07, 6.45) is 1.10. The first-order valence-electron chi connectivity index (χ1n) is 8.20. The molecule has 0 aliphatic carbocycles. The third-order valence-electron chi connectivity index (χ3n) is 4.19. The second-order valence-electron chi connectivity index (χ2n) is 6.56. The van der Waals surface area contributed by atoms with Crippen LogP contribution in [-0.2, 0) is 9.53 Å². The summed E-state index contributed by atoms with van der Waals surface area (Å²) in [6, 6.07) is 5.36. The van der Waals surface area contributed by atoms with Gasteiger partial charge in [-0.2, -0.15) is 0 Å². The van der Waals surface area contributed by atoms with Crippen LogP contribution in [0.5, 0.6) is 0 Å². The van der Waals surface area contributed by atoms with Gasteiger partial charge >= 0.3 is 6.09 Å². The van der Waals surface area contributed by atoms with Gasteiger partial charge < -0.3 is 10.1 Å². The number of nitrogens with one attached hydrogen (secondary N) is 1. The van der Waals surface area contributed by atoms with Crippen molar-refractivity contribution >= 4 is 17.7 Å². The van der Waals surface area contributed by atoms with E-state index < -0.39 is 12.1 Å². The van der Waals surface area contributed by atoms with Crippen LogP contribution in [0.4, 0.5) is 10.5 Å². The minimum atomic E-state index is -0.449. The van der Waals surface area contributed by atoms with Crippen molar-refractivity contribution in [3.8, 4) is 0 Å². The summed E-state index contributed by atoms with van der Waals surface area (Å²) in [5.41, 5.74) is 2.98. The van der Waals surface area contributed by atoms with Crippen molar-refractivity contribution < 1.29 is 14.3 Å². The number of carbonyl (C=O) groups is 2. The maximum Gasteiger partial charge on any atom is 0.410 e. The van der Waals surface area contributed by atoms with Crippen LogP contribution in [-0.4, -0.2) is 36.1 Å². The van der Waals surface area contributed by atoms with Crippen LogP contribution in [0.3, 0.4) is 0 Å². The maximum atomic E-state index is 12.6. The van der Waals surface area contributed by atoms with Crippen molar-refractivity contribution in [1.82, 2.24) is 4.90 Å². The largest absolute Gasteiger partial charge is 0.449 e. The second kappa shape index (κ2) is 7.49. The zero-order valence-corrected chi connectivity index (χ0v) is 14.4. The molecule has 0 unspecified atom stereocenters. The van der Waals surface area contributed by atoms with E-state index in [2.05, 4.69) is 5.32 Å². The number of hydrogen-bond donors (Lipinski definition) is 1. The summed E-state index contributed by atoms with van der Waals surface area (Å²) in [6.45, 7) is 8.91. The van der Waals surface area contributed by atoms with E-state index in [1.165, 1.54) is 0 Å². The molecule has 1 aliphatic rings. The average molecular weight is 318 g/mol. The van der Waals surface area contributed by atoms with Crippen LogP contribution in [0, 0.1) is 19.8 Å². The fourth-order valence-electron chi connectivity index (χ4n) is 2.68. The van der Waals surface area contributed by atoms with E-state index in [1.807, 2.05) is 45.9 Å². The van der Waals surface area contributed by atoms with E-state index in [-0.39, 0.29) is 11.8 Å². The summed E-state index contributed by atoms with van der Waals surface area (Å²) in [4.78, 5) is 26.3. The van der Waals surface area contributed by atoms with Gasteiger partial charge in [0.15, 0.2) is 0 Å². The number of hydrogen-bond acceptors (Lipinski definition) is 3. The minimum Gasteiger partial charge on any atom is -0.449 e. The third-order valence-corrected chi connectivity index (χ3v) is 4.19. The Morgan fingerprint density at radius 1 is 1.35 bits per heavy atom. The van der Waals surface area contributed by atoms with Crippen LogP contribution in [0.1, 0.15) is 37.8 Å². The molecule has 2 rings (SSSR count). The van der Waals surface area contributed by atoms with Gasteiger partial charge in [-0.05, 0) is 49.8 Å². The molecular weight excluding hydrogens is 292 g/mol. The number of likely N-dealkylation sites (tertiary alicyclic amines) is 1. The van der Waals surface area contributed by atoms with Crippen molar-refractivity contribution in [3.05, 3.63) is 29.3 Å². The Morgan fingerprint density at radius 2 is 2.09 bits per heavy atom. The number of anilines is 1. The fraction of sp³-hybridized carbons (Fsp3) is 0.556. The molecule has 126 valence electrons. The van der Waals surface area contributed by atoms with Crippen molar-refractivity contribution in [3.63, 3.8) is 0 Å². The van der Waals surface area contributed by atoms with E-state index in [1.54, 1.807) is 4.90 Å². The summed E-state index contributed by atoms with van der Waals surface area (Å²) in [7, 11) is 0. The first-order chi connectivity index (χ1) is 10.9. The Bertz CT molecular complexity index is 584. The first kappa shape index (κ1) is 17.3. The molecule has 23 heavy (non-hydrogen) atoms. The quantitative estimate of drug-likeness (QED) is 0.924. The number of amides is 2. The monoisotopic (exact) mass is 318 g/mol. The highest BCUT2D eigenvalue weighted by atomic mass is 16.6. The Kier molecular flexibility index (Phi) is 5.64. The molecule has 1 atom stereocenters. The molecule has 5 nitrogen and oxygen atoms in total. The number of benzene rings is 1. The summed E-state index contributed by atoms with van der Waals surface area (Å²) in [5, 5.41) is 2.95. The van der Waals surface area contributed by atoms with Gasteiger partial charge in [-0.15, -0.1) is 0 Å². The predicted octanol–water partition coefficient (Wildman–Crippen LogP) is 3.50. The number of aryl methyl sites for hydroxylation is 1. The third kappa shape index (κ3) is 4.24. The van der Waals surface area contributed by atoms with E-state index >= 15 is 0 Å². The molecule has 5 heteroatoms. The fourth-order valence-corrected chi connectivity index (χ4v) is 2.68. The standard InChI is InChI=1S/C18H26N2O3/c1-12(2)11-23-18(22)20-10-6-9-16(20)17(21)19-15-8-5-7-13(3)14(15)4/h5,7-8,12,16H,6,9-11H2,1-4H3,(H,19,21)/t16-/m0/s1. The smallest absolute Gasteiger partial charge is 0.410 e. The molecule has 0 spiro atoms. The molecule has 1 heterocycles. The van der Waals surface area contributed by atoms with Gasteiger partial charge in [-0.3, -0.25) is 9.69 Å². The van der Waals surface area contributed by atoms with Crippen LogP contribution in [0.15, 0.2) is 18.2 Å². The van der Waals surface area contributed by atoms with Crippen molar-refractivity contribution in [1.29, 1.82) is 0 Å². The molecule has 1 aromatic rings. The van der Waals surface area contributed by atoms with Crippen LogP contribution in [0.25, 0.3) is 0 Å². The van der Waals surface area contributed by atoms with Crippen LogP contribution in [0.2, 0.25) is 0 Å². The van der Waals surface area contributed by atoms with Gasteiger partial charge in [0.1, 0.15) is 6.04 Å². The molecule has 0 bridgehead atoms. The zero-order valence-electron chi connectivity index (χ0n) is 14.4. The lowest BCUT2D eigenvalue weighted by atomic mass is 10.1. The molecule has 0 aromatic heterocycles. The highest BCUT2D eigenvalue weighted by Gasteiger charge is 2.35. The van der Waals surface area contributed by atoms with Crippen molar-refractivity contribution in [2.75, 3.05) is 18.5 Å². The molecule has 1 aromatic carbocycles. The molecule has 1 fully saturated rings. The van der Waals surface area contributed by atoms with E-state index in [4.69, 9.17) is 4.74 Å². The molecule has 1 aliphatic heterocycles. The Balaban J connectivity index is 2.03. The van der Waals surface area contributed by atoms with Gasteiger partial charge in [-0.25, -0.2) is 4.79 Å². The molecule has 1 saturated heterocycles. The molecule has 0 saturated carbocycles. The van der Waals surface area contributed by atoms with Gasteiger partial charge in [-0.1, -0.05) is 26.0 Å².